The van der Waals surface area contributed by atoms with Crippen LogP contribution in [0.2, 0.25) is 0 Å². The second-order valence-electron chi connectivity index (χ2n) is 6.32. The van der Waals surface area contributed by atoms with Crippen molar-refractivity contribution < 1.29 is 0 Å². The van der Waals surface area contributed by atoms with Gasteiger partial charge in [0.15, 0.2) is 5.96 Å². The maximum Gasteiger partial charge on any atom is 0.190 e. The van der Waals surface area contributed by atoms with Crippen LogP contribution in [0.15, 0.2) is 4.99 Å². The SMILES string of the molecule is CCCCCCNC(=NC)NCC1CCN(C2CC2)C1.I. The molecule has 2 rings (SSSR count). The van der Waals surface area contributed by atoms with E-state index in [-0.39, 0.29) is 24.0 Å². The van der Waals surface area contributed by atoms with Crippen molar-refractivity contribution in [2.24, 2.45) is 10.9 Å². The lowest BCUT2D eigenvalue weighted by Gasteiger charge is -2.17. The molecule has 1 aliphatic heterocycles. The molecule has 1 unspecified atom stereocenters. The molecule has 0 aromatic rings. The quantitative estimate of drug-likeness (QED) is 0.281. The standard InChI is InChI=1S/C16H32N4.HI/c1-3-4-5-6-10-18-16(17-2)19-12-14-9-11-20(13-14)15-7-8-15;/h14-15H,3-13H2,1-2H3,(H2,17,18,19);1H. The maximum absolute atomic E-state index is 4.31. The first-order valence-corrected chi connectivity index (χ1v) is 8.52. The zero-order chi connectivity index (χ0) is 14.2. The molecule has 2 N–H and O–H groups in total. The summed E-state index contributed by atoms with van der Waals surface area (Å²) in [7, 11) is 1.87. The van der Waals surface area contributed by atoms with Crippen molar-refractivity contribution in [3.63, 3.8) is 0 Å². The third kappa shape index (κ3) is 7.17. The topological polar surface area (TPSA) is 39.7 Å². The van der Waals surface area contributed by atoms with Crippen molar-refractivity contribution in [1.82, 2.24) is 15.5 Å². The number of nitrogens with zero attached hydrogens (tertiary/aromatic N) is 2. The lowest BCUT2D eigenvalue weighted by atomic mass is 10.1. The van der Waals surface area contributed by atoms with Crippen LogP contribution < -0.4 is 10.6 Å². The molecule has 124 valence electrons. The van der Waals surface area contributed by atoms with Crippen LogP contribution in [0.3, 0.4) is 0 Å². The van der Waals surface area contributed by atoms with E-state index in [0.29, 0.717) is 0 Å². The van der Waals surface area contributed by atoms with Gasteiger partial charge in [-0.2, -0.15) is 0 Å². The van der Waals surface area contributed by atoms with Gasteiger partial charge in [0.2, 0.25) is 0 Å². The molecular weight excluding hydrogens is 375 g/mol. The van der Waals surface area contributed by atoms with Crippen LogP contribution in [0, 0.1) is 5.92 Å². The Kier molecular flexibility index (Phi) is 9.64. The highest BCUT2D eigenvalue weighted by Crippen LogP contribution is 2.31. The van der Waals surface area contributed by atoms with E-state index in [2.05, 4.69) is 27.4 Å². The number of guanidine groups is 1. The van der Waals surface area contributed by atoms with Crippen molar-refractivity contribution in [1.29, 1.82) is 0 Å². The van der Waals surface area contributed by atoms with Gasteiger partial charge in [-0.25, -0.2) is 0 Å². The number of halogens is 1. The number of rotatable bonds is 8. The van der Waals surface area contributed by atoms with E-state index < -0.39 is 0 Å². The number of nitrogens with one attached hydrogen (secondary N) is 2. The van der Waals surface area contributed by atoms with Crippen molar-refractivity contribution in [3.8, 4) is 0 Å². The summed E-state index contributed by atoms with van der Waals surface area (Å²) in [6.45, 7) is 6.95. The van der Waals surface area contributed by atoms with E-state index in [9.17, 15) is 0 Å². The van der Waals surface area contributed by atoms with Gasteiger partial charge in [0.1, 0.15) is 0 Å². The van der Waals surface area contributed by atoms with Crippen LogP contribution in [0.4, 0.5) is 0 Å². The number of likely N-dealkylation sites (tertiary alicyclic amines) is 1. The first-order chi connectivity index (χ1) is 9.83. The summed E-state index contributed by atoms with van der Waals surface area (Å²) in [6, 6.07) is 0.927. The fourth-order valence-corrected chi connectivity index (χ4v) is 3.02. The van der Waals surface area contributed by atoms with Gasteiger partial charge in [-0.15, -0.1) is 24.0 Å². The largest absolute Gasteiger partial charge is 0.356 e. The monoisotopic (exact) mass is 408 g/mol. The lowest BCUT2D eigenvalue weighted by molar-refractivity contribution is 0.314. The van der Waals surface area contributed by atoms with Crippen LogP contribution in [0.5, 0.6) is 0 Å². The van der Waals surface area contributed by atoms with Crippen molar-refractivity contribution in [2.45, 2.75) is 57.9 Å². The second-order valence-corrected chi connectivity index (χ2v) is 6.32. The second kappa shape index (κ2) is 10.6. The molecule has 5 heteroatoms. The van der Waals surface area contributed by atoms with Crippen LogP contribution in [-0.2, 0) is 0 Å². The first-order valence-electron chi connectivity index (χ1n) is 8.52. The van der Waals surface area contributed by atoms with E-state index in [0.717, 1.165) is 31.0 Å². The molecule has 1 atom stereocenters. The average molecular weight is 408 g/mol. The first kappa shape index (κ1) is 19.0. The zero-order valence-electron chi connectivity index (χ0n) is 13.7. The van der Waals surface area contributed by atoms with Gasteiger partial charge in [-0.05, 0) is 38.1 Å². The number of hydrogen-bond acceptors (Lipinski definition) is 2. The number of aliphatic imine (C=N–C) groups is 1. The number of unbranched alkanes of at least 4 members (excludes halogenated alkanes) is 3. The summed E-state index contributed by atoms with van der Waals surface area (Å²) in [5.74, 6) is 1.78. The van der Waals surface area contributed by atoms with Crippen LogP contribution in [0.25, 0.3) is 0 Å². The summed E-state index contributed by atoms with van der Waals surface area (Å²) < 4.78 is 0. The molecule has 0 aromatic heterocycles. The fourth-order valence-electron chi connectivity index (χ4n) is 3.02. The molecule has 4 nitrogen and oxygen atoms in total. The molecule has 0 radical (unpaired) electrons. The fraction of sp³-hybridized carbons (Fsp3) is 0.938. The Labute approximate surface area is 147 Å². The molecular formula is C16H33IN4. The van der Waals surface area contributed by atoms with E-state index in [1.807, 2.05) is 7.05 Å². The maximum atomic E-state index is 4.31. The summed E-state index contributed by atoms with van der Waals surface area (Å²) in [4.78, 5) is 6.99. The summed E-state index contributed by atoms with van der Waals surface area (Å²) in [6.07, 6.45) is 9.41. The van der Waals surface area contributed by atoms with Crippen molar-refractivity contribution in [2.75, 3.05) is 33.2 Å². The molecule has 2 fully saturated rings. The predicted octanol–water partition coefficient (Wildman–Crippen LogP) is 2.83. The molecule has 21 heavy (non-hydrogen) atoms. The third-order valence-corrected chi connectivity index (χ3v) is 4.49. The Balaban J connectivity index is 0.00000220. The normalized spacial score (nSPS) is 23.0. The van der Waals surface area contributed by atoms with E-state index in [4.69, 9.17) is 0 Å². The molecule has 0 aromatic carbocycles. The smallest absolute Gasteiger partial charge is 0.190 e. The Morgan fingerprint density at radius 2 is 1.95 bits per heavy atom. The Bertz CT molecular complexity index is 305. The zero-order valence-corrected chi connectivity index (χ0v) is 16.1. The molecule has 1 saturated heterocycles. The molecule has 1 heterocycles. The summed E-state index contributed by atoms with van der Waals surface area (Å²) in [5, 5.41) is 6.92. The molecule has 1 aliphatic carbocycles. The third-order valence-electron chi connectivity index (χ3n) is 4.49. The van der Waals surface area contributed by atoms with Gasteiger partial charge in [-0.1, -0.05) is 26.2 Å². The van der Waals surface area contributed by atoms with Crippen LogP contribution in [0.1, 0.15) is 51.9 Å². The average Bonchev–Trinajstić information content (AvgIpc) is 3.21. The highest BCUT2D eigenvalue weighted by atomic mass is 127. The summed E-state index contributed by atoms with van der Waals surface area (Å²) in [5.41, 5.74) is 0. The van der Waals surface area contributed by atoms with E-state index >= 15 is 0 Å². The van der Waals surface area contributed by atoms with Crippen molar-refractivity contribution in [3.05, 3.63) is 0 Å². The minimum Gasteiger partial charge on any atom is -0.356 e. The molecule has 0 bridgehead atoms. The molecule has 1 saturated carbocycles. The van der Waals surface area contributed by atoms with E-state index in [1.54, 1.807) is 0 Å². The minimum absolute atomic E-state index is 0. The van der Waals surface area contributed by atoms with Crippen LogP contribution in [-0.4, -0.2) is 50.1 Å². The highest BCUT2D eigenvalue weighted by molar-refractivity contribution is 14.0. The van der Waals surface area contributed by atoms with Gasteiger partial charge < -0.3 is 15.5 Å². The Morgan fingerprint density at radius 1 is 1.14 bits per heavy atom. The van der Waals surface area contributed by atoms with Crippen molar-refractivity contribution >= 4 is 29.9 Å². The molecule has 0 spiro atoms. The van der Waals surface area contributed by atoms with Gasteiger partial charge >= 0.3 is 0 Å². The highest BCUT2D eigenvalue weighted by Gasteiger charge is 2.34. The summed E-state index contributed by atoms with van der Waals surface area (Å²) >= 11 is 0. The van der Waals surface area contributed by atoms with Crippen LogP contribution >= 0.6 is 24.0 Å². The molecule has 0 amide bonds. The van der Waals surface area contributed by atoms with Gasteiger partial charge in [-0.3, -0.25) is 4.99 Å². The van der Waals surface area contributed by atoms with Gasteiger partial charge in [0.05, 0.1) is 0 Å². The predicted molar refractivity (Wildman–Crippen MR) is 102 cm³/mol. The number of hydrogen-bond donors (Lipinski definition) is 2. The molecule has 2 aliphatic rings. The van der Waals surface area contributed by atoms with E-state index in [1.165, 1.54) is 58.0 Å². The lowest BCUT2D eigenvalue weighted by Crippen LogP contribution is -2.40. The Hall–Kier alpha value is -0.0400. The minimum atomic E-state index is 0. The van der Waals surface area contributed by atoms with Gasteiger partial charge in [0.25, 0.3) is 0 Å². The van der Waals surface area contributed by atoms with Gasteiger partial charge in [0, 0.05) is 32.7 Å². The Morgan fingerprint density at radius 3 is 2.62 bits per heavy atom.